The van der Waals surface area contributed by atoms with Crippen molar-refractivity contribution in [2.45, 2.75) is 6.43 Å². The molecule has 0 bridgehead atoms. The van der Waals surface area contributed by atoms with Crippen LogP contribution in [-0.2, 0) is 0 Å². The summed E-state index contributed by atoms with van der Waals surface area (Å²) in [4.78, 5) is 12.7. The highest BCUT2D eigenvalue weighted by Crippen LogP contribution is 2.37. The van der Waals surface area contributed by atoms with Crippen molar-refractivity contribution in [1.82, 2.24) is 4.98 Å². The summed E-state index contributed by atoms with van der Waals surface area (Å²) in [6.07, 6.45) is -2.21. The standard InChI is InChI=1S/C6H2Cl2F2N2O2/c7-3-2(6(9)10)1-11-5(8)4(3)12(13)14/h1,6H. The van der Waals surface area contributed by atoms with Crippen LogP contribution in [0.5, 0.6) is 0 Å². The molecule has 1 aromatic heterocycles. The second-order valence-electron chi connectivity index (χ2n) is 2.22. The predicted molar refractivity (Wildman–Crippen MR) is 45.9 cm³/mol. The third kappa shape index (κ3) is 1.91. The lowest BCUT2D eigenvalue weighted by molar-refractivity contribution is -0.385. The Labute approximate surface area is 86.6 Å². The molecule has 14 heavy (non-hydrogen) atoms. The fourth-order valence-corrected chi connectivity index (χ4v) is 1.33. The van der Waals surface area contributed by atoms with Crippen molar-refractivity contribution >= 4 is 28.9 Å². The van der Waals surface area contributed by atoms with E-state index in [1.807, 2.05) is 0 Å². The number of alkyl halides is 2. The number of halogens is 4. The Morgan fingerprint density at radius 2 is 2.07 bits per heavy atom. The molecule has 0 amide bonds. The molecule has 0 aliphatic rings. The van der Waals surface area contributed by atoms with E-state index in [1.54, 1.807) is 0 Å². The molecule has 0 radical (unpaired) electrons. The van der Waals surface area contributed by atoms with Crippen molar-refractivity contribution in [2.24, 2.45) is 0 Å². The summed E-state index contributed by atoms with van der Waals surface area (Å²) >= 11 is 10.7. The number of hydrogen-bond donors (Lipinski definition) is 0. The van der Waals surface area contributed by atoms with Crippen molar-refractivity contribution in [1.29, 1.82) is 0 Å². The Kier molecular flexibility index (Phi) is 3.17. The van der Waals surface area contributed by atoms with Crippen molar-refractivity contribution in [3.05, 3.63) is 32.1 Å². The minimum atomic E-state index is -2.93. The van der Waals surface area contributed by atoms with Crippen LogP contribution >= 0.6 is 23.2 Å². The van der Waals surface area contributed by atoms with Gasteiger partial charge in [-0.3, -0.25) is 10.1 Å². The lowest BCUT2D eigenvalue weighted by Gasteiger charge is -2.03. The molecule has 4 nitrogen and oxygen atoms in total. The van der Waals surface area contributed by atoms with Crippen molar-refractivity contribution in [3.8, 4) is 0 Å². The quantitative estimate of drug-likeness (QED) is 0.455. The number of hydrogen-bond acceptors (Lipinski definition) is 3. The van der Waals surface area contributed by atoms with Crippen LogP contribution in [0.25, 0.3) is 0 Å². The van der Waals surface area contributed by atoms with Gasteiger partial charge in [0.2, 0.25) is 5.15 Å². The second kappa shape index (κ2) is 4.02. The molecule has 1 rings (SSSR count). The molecular formula is C6H2Cl2F2N2O2. The number of rotatable bonds is 2. The van der Waals surface area contributed by atoms with E-state index in [2.05, 4.69) is 4.98 Å². The van der Waals surface area contributed by atoms with Crippen LogP contribution in [-0.4, -0.2) is 9.91 Å². The van der Waals surface area contributed by atoms with Crippen LogP contribution in [0.3, 0.4) is 0 Å². The average molecular weight is 243 g/mol. The van der Waals surface area contributed by atoms with Gasteiger partial charge in [-0.25, -0.2) is 13.8 Å². The van der Waals surface area contributed by atoms with E-state index in [0.29, 0.717) is 6.20 Å². The molecule has 0 aliphatic heterocycles. The van der Waals surface area contributed by atoms with Gasteiger partial charge in [0.1, 0.15) is 5.02 Å². The molecule has 0 saturated heterocycles. The molecule has 76 valence electrons. The fourth-order valence-electron chi connectivity index (χ4n) is 0.779. The van der Waals surface area contributed by atoms with Crippen LogP contribution in [0.15, 0.2) is 6.20 Å². The summed E-state index contributed by atoms with van der Waals surface area (Å²) in [5.41, 5.74) is -1.51. The first-order valence-corrected chi connectivity index (χ1v) is 3.97. The fraction of sp³-hybridized carbons (Fsp3) is 0.167. The average Bonchev–Trinajstić information content (AvgIpc) is 2.02. The third-order valence-electron chi connectivity index (χ3n) is 1.39. The maximum atomic E-state index is 12.2. The van der Waals surface area contributed by atoms with E-state index in [0.717, 1.165) is 0 Å². The van der Waals surface area contributed by atoms with Crippen molar-refractivity contribution < 1.29 is 13.7 Å². The van der Waals surface area contributed by atoms with Crippen molar-refractivity contribution in [2.75, 3.05) is 0 Å². The molecule has 1 aromatic rings. The normalized spacial score (nSPS) is 10.6. The Hall–Kier alpha value is -1.01. The molecule has 0 N–H and O–H groups in total. The van der Waals surface area contributed by atoms with Crippen LogP contribution in [0.1, 0.15) is 12.0 Å². The molecule has 0 spiro atoms. The zero-order valence-electron chi connectivity index (χ0n) is 6.38. The lowest BCUT2D eigenvalue weighted by Crippen LogP contribution is -1.97. The summed E-state index contributed by atoms with van der Waals surface area (Å²) in [7, 11) is 0. The Bertz CT molecular complexity index is 386. The largest absolute Gasteiger partial charge is 0.325 e. The zero-order valence-corrected chi connectivity index (χ0v) is 7.89. The summed E-state index contributed by atoms with van der Waals surface area (Å²) in [6.45, 7) is 0. The van der Waals surface area contributed by atoms with Gasteiger partial charge in [-0.2, -0.15) is 0 Å². The van der Waals surface area contributed by atoms with Crippen LogP contribution < -0.4 is 0 Å². The van der Waals surface area contributed by atoms with E-state index < -0.39 is 32.8 Å². The Balaban J connectivity index is 3.41. The molecule has 1 heterocycles. The highest BCUT2D eigenvalue weighted by atomic mass is 35.5. The van der Waals surface area contributed by atoms with E-state index in [1.165, 1.54) is 0 Å². The first-order valence-electron chi connectivity index (χ1n) is 3.21. The van der Waals surface area contributed by atoms with Gasteiger partial charge in [-0.1, -0.05) is 23.2 Å². The molecule has 0 atom stereocenters. The predicted octanol–water partition coefficient (Wildman–Crippen LogP) is 3.23. The maximum Gasteiger partial charge on any atom is 0.325 e. The summed E-state index contributed by atoms with van der Waals surface area (Å²) in [5, 5.41) is 9.18. The van der Waals surface area contributed by atoms with Gasteiger partial charge in [-0.05, 0) is 0 Å². The number of pyridine rings is 1. The molecule has 0 fully saturated rings. The molecule has 0 unspecified atom stereocenters. The summed E-state index contributed by atoms with van der Waals surface area (Å²) in [5.74, 6) is 0. The van der Waals surface area contributed by atoms with Crippen LogP contribution in [0, 0.1) is 10.1 Å². The molecular weight excluding hydrogens is 241 g/mol. The van der Waals surface area contributed by atoms with Gasteiger partial charge in [0, 0.05) is 6.20 Å². The van der Waals surface area contributed by atoms with E-state index in [4.69, 9.17) is 23.2 Å². The molecule has 0 aromatic carbocycles. The Morgan fingerprint density at radius 1 is 1.50 bits per heavy atom. The van der Waals surface area contributed by atoms with Gasteiger partial charge in [0.05, 0.1) is 10.5 Å². The highest BCUT2D eigenvalue weighted by molar-refractivity contribution is 6.37. The van der Waals surface area contributed by atoms with Gasteiger partial charge < -0.3 is 0 Å². The molecule has 0 saturated carbocycles. The maximum absolute atomic E-state index is 12.2. The summed E-state index contributed by atoms with van der Waals surface area (Å²) in [6, 6.07) is 0. The smallest absolute Gasteiger partial charge is 0.258 e. The van der Waals surface area contributed by atoms with Crippen LogP contribution in [0.4, 0.5) is 14.5 Å². The minimum Gasteiger partial charge on any atom is -0.258 e. The highest BCUT2D eigenvalue weighted by Gasteiger charge is 2.25. The van der Waals surface area contributed by atoms with Crippen molar-refractivity contribution in [3.63, 3.8) is 0 Å². The number of nitro groups is 1. The van der Waals surface area contributed by atoms with Gasteiger partial charge in [-0.15, -0.1) is 0 Å². The first-order chi connectivity index (χ1) is 6.45. The topological polar surface area (TPSA) is 56.0 Å². The van der Waals surface area contributed by atoms with Gasteiger partial charge >= 0.3 is 5.69 Å². The molecule has 0 aliphatic carbocycles. The van der Waals surface area contributed by atoms with Crippen LogP contribution in [0.2, 0.25) is 10.2 Å². The lowest BCUT2D eigenvalue weighted by atomic mass is 10.3. The van der Waals surface area contributed by atoms with Gasteiger partial charge in [0.15, 0.2) is 0 Å². The first kappa shape index (κ1) is 11.1. The zero-order chi connectivity index (χ0) is 10.9. The van der Waals surface area contributed by atoms with Gasteiger partial charge in [0.25, 0.3) is 6.43 Å². The number of nitrogens with zero attached hydrogens (tertiary/aromatic N) is 2. The second-order valence-corrected chi connectivity index (χ2v) is 2.96. The number of aromatic nitrogens is 1. The van der Waals surface area contributed by atoms with E-state index in [9.17, 15) is 18.9 Å². The summed E-state index contributed by atoms with van der Waals surface area (Å²) < 4.78 is 24.4. The third-order valence-corrected chi connectivity index (χ3v) is 2.07. The Morgan fingerprint density at radius 3 is 2.50 bits per heavy atom. The van der Waals surface area contributed by atoms with E-state index >= 15 is 0 Å². The monoisotopic (exact) mass is 242 g/mol. The SMILES string of the molecule is O=[N+]([O-])c1c(Cl)ncc(C(F)F)c1Cl. The van der Waals surface area contributed by atoms with E-state index in [-0.39, 0.29) is 0 Å². The minimum absolute atomic E-state index is 0.510. The molecule has 8 heteroatoms.